The van der Waals surface area contributed by atoms with Gasteiger partial charge in [-0.05, 0) is 53.4 Å². The minimum absolute atomic E-state index is 0. The van der Waals surface area contributed by atoms with E-state index in [0.717, 1.165) is 25.7 Å². The lowest BCUT2D eigenvalue weighted by Gasteiger charge is -2.23. The van der Waals surface area contributed by atoms with Crippen LogP contribution in [0.5, 0.6) is 0 Å². The van der Waals surface area contributed by atoms with E-state index in [9.17, 15) is 0 Å². The van der Waals surface area contributed by atoms with Crippen molar-refractivity contribution < 1.29 is 40.9 Å². The van der Waals surface area contributed by atoms with Crippen molar-refractivity contribution in [3.8, 4) is 0 Å². The second kappa shape index (κ2) is 27.7. The Morgan fingerprint density at radius 1 is 0.581 bits per heavy atom. The van der Waals surface area contributed by atoms with Gasteiger partial charge in [-0.1, -0.05) is 41.5 Å². The van der Waals surface area contributed by atoms with Crippen LogP contribution in [0.15, 0.2) is 0 Å². The highest BCUT2D eigenvalue weighted by atomic mass is 16.4. The summed E-state index contributed by atoms with van der Waals surface area (Å²) < 4.78 is 0. The Hall–Kier alpha value is -0.320. The van der Waals surface area contributed by atoms with Gasteiger partial charge in [-0.25, -0.2) is 0 Å². The number of aliphatic hydroxyl groups excluding tert-OH is 8. The molecule has 0 fully saturated rings. The van der Waals surface area contributed by atoms with E-state index in [1.807, 2.05) is 20.8 Å². The third-order valence-electron chi connectivity index (χ3n) is 4.40. The molecule has 0 aliphatic heterocycles. The monoisotopic (exact) mass is 460 g/mol. The number of aliphatic hydroxyl groups is 8. The molecule has 8 heteroatoms. The fourth-order valence-corrected chi connectivity index (χ4v) is 1.79. The Labute approximate surface area is 191 Å². The highest BCUT2D eigenvalue weighted by Gasteiger charge is 2.26. The quantitative estimate of drug-likeness (QED) is 0.245. The van der Waals surface area contributed by atoms with Crippen molar-refractivity contribution in [1.82, 2.24) is 0 Å². The second-order valence-electron chi connectivity index (χ2n) is 7.68. The summed E-state index contributed by atoms with van der Waals surface area (Å²) in [5.41, 5.74) is 0. The molecule has 8 nitrogen and oxygen atoms in total. The summed E-state index contributed by atoms with van der Waals surface area (Å²) in [6.45, 7) is 14.4. The first kappa shape index (κ1) is 41.0. The summed E-state index contributed by atoms with van der Waals surface area (Å²) in [5, 5.41) is 70.3. The zero-order valence-electron chi connectivity index (χ0n) is 20.4. The number of hydrogen-bond acceptors (Lipinski definition) is 8. The molecule has 196 valence electrons. The molecular formula is C23H56O8. The van der Waals surface area contributed by atoms with Crippen LogP contribution >= 0.6 is 0 Å². The van der Waals surface area contributed by atoms with Crippen LogP contribution in [0, 0.1) is 5.92 Å². The Bertz CT molecular complexity index is 308. The zero-order valence-corrected chi connectivity index (χ0v) is 20.4. The van der Waals surface area contributed by atoms with E-state index in [1.54, 1.807) is 20.8 Å². The normalized spacial score (nSPS) is 17.8. The average molecular weight is 461 g/mol. The second-order valence-corrected chi connectivity index (χ2v) is 7.68. The molecule has 0 aromatic carbocycles. The van der Waals surface area contributed by atoms with E-state index in [2.05, 4.69) is 6.92 Å². The van der Waals surface area contributed by atoms with Crippen LogP contribution in [0.25, 0.3) is 0 Å². The molecule has 0 aliphatic carbocycles. The first-order valence-corrected chi connectivity index (χ1v) is 11.1. The molecule has 0 aromatic rings. The van der Waals surface area contributed by atoms with Crippen molar-refractivity contribution in [2.45, 2.75) is 138 Å². The van der Waals surface area contributed by atoms with Gasteiger partial charge >= 0.3 is 0 Å². The first-order chi connectivity index (χ1) is 13.8. The van der Waals surface area contributed by atoms with Gasteiger partial charge in [0.05, 0.1) is 30.5 Å². The van der Waals surface area contributed by atoms with Crippen LogP contribution in [-0.4, -0.2) is 90.2 Å². The summed E-state index contributed by atoms with van der Waals surface area (Å²) in [5.74, 6) is 0.0648. The summed E-state index contributed by atoms with van der Waals surface area (Å²) in [6.07, 6.45) is -1.05. The van der Waals surface area contributed by atoms with Gasteiger partial charge in [0.2, 0.25) is 0 Å². The lowest BCUT2D eigenvalue weighted by molar-refractivity contribution is -0.100. The minimum atomic E-state index is -1.27. The van der Waals surface area contributed by atoms with Gasteiger partial charge in [0.1, 0.15) is 12.2 Å². The van der Waals surface area contributed by atoms with E-state index in [4.69, 9.17) is 40.9 Å². The predicted molar refractivity (Wildman–Crippen MR) is 128 cm³/mol. The predicted octanol–water partition coefficient (Wildman–Crippen LogP) is 1.83. The SMILES string of the molecule is C.CCC(C)O.CCC(CO)C(C)O.CCC(O)C(O)C(O)C(C)O.CCCC(C)O. The summed E-state index contributed by atoms with van der Waals surface area (Å²) in [4.78, 5) is 0. The van der Waals surface area contributed by atoms with Crippen molar-refractivity contribution in [2.24, 2.45) is 5.92 Å². The molecule has 0 radical (unpaired) electrons. The maximum absolute atomic E-state index is 9.10. The van der Waals surface area contributed by atoms with Gasteiger partial charge in [0.25, 0.3) is 0 Å². The fraction of sp³-hybridized carbons (Fsp3) is 1.00. The lowest BCUT2D eigenvalue weighted by Crippen LogP contribution is -2.42. The van der Waals surface area contributed by atoms with Crippen molar-refractivity contribution in [3.63, 3.8) is 0 Å². The van der Waals surface area contributed by atoms with Crippen molar-refractivity contribution in [2.75, 3.05) is 6.61 Å². The standard InChI is InChI=1S/C7H16O4.C6H14O2.C5H12O.C4H10O.CH4/c1-3-5(9)7(11)6(10)4(2)8;1-3-6(4-7)5(2)8;1-3-4-5(2)6;1-3-4(2)5;/h4-11H,3H2,1-2H3;5-8H,3-4H2,1-2H3;5-6H,3-4H2,1-2H3;4-5H,3H2,1-2H3;1H4. The molecule has 8 N–H and O–H groups in total. The van der Waals surface area contributed by atoms with E-state index >= 15 is 0 Å². The van der Waals surface area contributed by atoms with Gasteiger partial charge in [-0.15, -0.1) is 0 Å². The fourth-order valence-electron chi connectivity index (χ4n) is 1.79. The Morgan fingerprint density at radius 3 is 1.10 bits per heavy atom. The minimum Gasteiger partial charge on any atom is -0.396 e. The molecule has 0 bridgehead atoms. The molecule has 0 aromatic heterocycles. The Balaban J connectivity index is -0.000000100. The van der Waals surface area contributed by atoms with Crippen molar-refractivity contribution in [1.29, 1.82) is 0 Å². The van der Waals surface area contributed by atoms with Crippen LogP contribution in [0.2, 0.25) is 0 Å². The highest BCUT2D eigenvalue weighted by Crippen LogP contribution is 2.07. The summed E-state index contributed by atoms with van der Waals surface area (Å²) in [6, 6.07) is 0. The Morgan fingerprint density at radius 2 is 1.00 bits per heavy atom. The van der Waals surface area contributed by atoms with Gasteiger partial charge in [0, 0.05) is 12.5 Å². The van der Waals surface area contributed by atoms with Crippen LogP contribution in [0.3, 0.4) is 0 Å². The first-order valence-electron chi connectivity index (χ1n) is 11.1. The molecule has 0 spiro atoms. The molecule has 0 rings (SSSR count). The van der Waals surface area contributed by atoms with Gasteiger partial charge in [0.15, 0.2) is 0 Å². The smallest absolute Gasteiger partial charge is 0.108 e. The highest BCUT2D eigenvalue weighted by molar-refractivity contribution is 4.77. The third-order valence-corrected chi connectivity index (χ3v) is 4.40. The van der Waals surface area contributed by atoms with Crippen LogP contribution in [0.4, 0.5) is 0 Å². The van der Waals surface area contributed by atoms with Gasteiger partial charge < -0.3 is 40.9 Å². The molecule has 0 saturated carbocycles. The molecule has 8 atom stereocenters. The number of hydrogen-bond donors (Lipinski definition) is 8. The summed E-state index contributed by atoms with van der Waals surface area (Å²) >= 11 is 0. The average Bonchev–Trinajstić information content (AvgIpc) is 2.68. The van der Waals surface area contributed by atoms with E-state index in [0.29, 0.717) is 6.42 Å². The van der Waals surface area contributed by atoms with E-state index in [-0.39, 0.29) is 38.3 Å². The molecular weight excluding hydrogens is 404 g/mol. The molecule has 0 amide bonds. The van der Waals surface area contributed by atoms with E-state index < -0.39 is 24.4 Å². The third kappa shape index (κ3) is 31.9. The van der Waals surface area contributed by atoms with Crippen LogP contribution < -0.4 is 0 Å². The van der Waals surface area contributed by atoms with Crippen molar-refractivity contribution in [3.05, 3.63) is 0 Å². The molecule has 8 unspecified atom stereocenters. The maximum atomic E-state index is 9.10. The van der Waals surface area contributed by atoms with Crippen molar-refractivity contribution >= 4 is 0 Å². The van der Waals surface area contributed by atoms with Crippen LogP contribution in [0.1, 0.15) is 94.9 Å². The Kier molecular flexibility index (Phi) is 36.6. The molecule has 0 saturated heterocycles. The largest absolute Gasteiger partial charge is 0.396 e. The topological polar surface area (TPSA) is 162 Å². The molecule has 0 heterocycles. The maximum Gasteiger partial charge on any atom is 0.108 e. The zero-order chi connectivity index (χ0) is 24.9. The summed E-state index contributed by atoms with van der Waals surface area (Å²) in [7, 11) is 0. The van der Waals surface area contributed by atoms with Gasteiger partial charge in [-0.3, -0.25) is 0 Å². The number of rotatable bonds is 10. The molecule has 0 aliphatic rings. The van der Waals surface area contributed by atoms with Crippen LogP contribution in [-0.2, 0) is 0 Å². The molecule has 31 heavy (non-hydrogen) atoms. The van der Waals surface area contributed by atoms with Gasteiger partial charge in [-0.2, -0.15) is 0 Å². The lowest BCUT2D eigenvalue weighted by atomic mass is 10.0. The van der Waals surface area contributed by atoms with E-state index in [1.165, 1.54) is 6.92 Å².